The molecule has 106 valence electrons. The standard InChI is InChI=1S/C13H16ClF2NO2/c1-3-7(2)12(18)6-17-13(19)8-4-10(15)11(16)5-9(8)14/h4-5,7,12,18H,3,6H2,1-2H3,(H,17,19). The van der Waals surface area contributed by atoms with Crippen molar-refractivity contribution in [2.45, 2.75) is 26.4 Å². The average molecular weight is 292 g/mol. The van der Waals surface area contributed by atoms with Crippen LogP contribution in [0, 0.1) is 17.6 Å². The zero-order valence-corrected chi connectivity index (χ0v) is 11.5. The summed E-state index contributed by atoms with van der Waals surface area (Å²) in [6.07, 6.45) is 0.0706. The Kier molecular flexibility index (Phi) is 5.69. The van der Waals surface area contributed by atoms with Crippen molar-refractivity contribution >= 4 is 17.5 Å². The van der Waals surface area contributed by atoms with Gasteiger partial charge in [-0.1, -0.05) is 31.9 Å². The van der Waals surface area contributed by atoms with E-state index in [0.29, 0.717) is 0 Å². The van der Waals surface area contributed by atoms with Gasteiger partial charge < -0.3 is 10.4 Å². The lowest BCUT2D eigenvalue weighted by molar-refractivity contribution is 0.0850. The number of carbonyl (C=O) groups is 1. The second-order valence-corrected chi connectivity index (χ2v) is 4.82. The van der Waals surface area contributed by atoms with Crippen molar-refractivity contribution in [1.82, 2.24) is 5.32 Å². The Morgan fingerprint density at radius 3 is 2.58 bits per heavy atom. The normalized spacial score (nSPS) is 14.0. The van der Waals surface area contributed by atoms with E-state index in [9.17, 15) is 18.7 Å². The number of benzene rings is 1. The molecule has 2 N–H and O–H groups in total. The summed E-state index contributed by atoms with van der Waals surface area (Å²) >= 11 is 5.67. The van der Waals surface area contributed by atoms with Gasteiger partial charge in [-0.3, -0.25) is 4.79 Å². The molecule has 0 saturated carbocycles. The highest BCUT2D eigenvalue weighted by atomic mass is 35.5. The molecule has 0 aliphatic heterocycles. The molecule has 1 amide bonds. The van der Waals surface area contributed by atoms with Gasteiger partial charge in [-0.05, 0) is 18.1 Å². The zero-order valence-electron chi connectivity index (χ0n) is 10.7. The molecule has 0 aliphatic rings. The minimum Gasteiger partial charge on any atom is -0.391 e. The predicted octanol–water partition coefficient (Wildman–Crippen LogP) is 2.76. The topological polar surface area (TPSA) is 49.3 Å². The van der Waals surface area contributed by atoms with Gasteiger partial charge in [0.25, 0.3) is 5.91 Å². The van der Waals surface area contributed by atoms with Crippen LogP contribution in [-0.2, 0) is 0 Å². The Morgan fingerprint density at radius 2 is 2.00 bits per heavy atom. The number of hydrogen-bond donors (Lipinski definition) is 2. The van der Waals surface area contributed by atoms with E-state index < -0.39 is 23.6 Å². The second kappa shape index (κ2) is 6.82. The van der Waals surface area contributed by atoms with Crippen molar-refractivity contribution in [2.75, 3.05) is 6.54 Å². The fourth-order valence-corrected chi connectivity index (χ4v) is 1.70. The smallest absolute Gasteiger partial charge is 0.252 e. The maximum atomic E-state index is 13.0. The summed E-state index contributed by atoms with van der Waals surface area (Å²) in [6.45, 7) is 3.80. The zero-order chi connectivity index (χ0) is 14.6. The van der Waals surface area contributed by atoms with Gasteiger partial charge in [0.15, 0.2) is 11.6 Å². The summed E-state index contributed by atoms with van der Waals surface area (Å²) in [4.78, 5) is 11.7. The molecule has 1 rings (SSSR count). The van der Waals surface area contributed by atoms with E-state index in [4.69, 9.17) is 11.6 Å². The number of aliphatic hydroxyl groups excluding tert-OH is 1. The first kappa shape index (κ1) is 15.9. The molecular weight excluding hydrogens is 276 g/mol. The molecule has 0 radical (unpaired) electrons. The third kappa shape index (κ3) is 4.14. The van der Waals surface area contributed by atoms with Gasteiger partial charge in [-0.2, -0.15) is 0 Å². The summed E-state index contributed by atoms with van der Waals surface area (Å²) in [5.41, 5.74) is -0.156. The number of aliphatic hydroxyl groups is 1. The van der Waals surface area contributed by atoms with Crippen LogP contribution in [0.3, 0.4) is 0 Å². The van der Waals surface area contributed by atoms with Gasteiger partial charge in [0.05, 0.1) is 16.7 Å². The largest absolute Gasteiger partial charge is 0.391 e. The molecule has 19 heavy (non-hydrogen) atoms. The van der Waals surface area contributed by atoms with E-state index in [1.807, 2.05) is 13.8 Å². The van der Waals surface area contributed by atoms with Crippen molar-refractivity contribution in [3.8, 4) is 0 Å². The van der Waals surface area contributed by atoms with Crippen molar-refractivity contribution in [1.29, 1.82) is 0 Å². The fraction of sp³-hybridized carbons (Fsp3) is 0.462. The van der Waals surface area contributed by atoms with Crippen LogP contribution >= 0.6 is 11.6 Å². The van der Waals surface area contributed by atoms with Crippen molar-refractivity contribution < 1.29 is 18.7 Å². The summed E-state index contributed by atoms with van der Waals surface area (Å²) in [7, 11) is 0. The second-order valence-electron chi connectivity index (χ2n) is 4.41. The summed E-state index contributed by atoms with van der Waals surface area (Å²) in [5, 5.41) is 12.0. The van der Waals surface area contributed by atoms with E-state index >= 15 is 0 Å². The van der Waals surface area contributed by atoms with Gasteiger partial charge in [0, 0.05) is 6.54 Å². The quantitative estimate of drug-likeness (QED) is 0.820. The molecule has 1 aromatic rings. The lowest BCUT2D eigenvalue weighted by Crippen LogP contribution is -2.35. The molecule has 2 unspecified atom stereocenters. The maximum Gasteiger partial charge on any atom is 0.252 e. The van der Waals surface area contributed by atoms with Gasteiger partial charge in [-0.15, -0.1) is 0 Å². The lowest BCUT2D eigenvalue weighted by atomic mass is 10.0. The minimum atomic E-state index is -1.14. The minimum absolute atomic E-state index is 0.0284. The Balaban J connectivity index is 2.71. The van der Waals surface area contributed by atoms with E-state index in [0.717, 1.165) is 18.6 Å². The van der Waals surface area contributed by atoms with E-state index in [1.54, 1.807) is 0 Å². The Labute approximate surface area is 115 Å². The first-order valence-corrected chi connectivity index (χ1v) is 6.35. The van der Waals surface area contributed by atoms with Crippen LogP contribution in [-0.4, -0.2) is 23.7 Å². The summed E-state index contributed by atoms with van der Waals surface area (Å²) in [5.74, 6) is -2.87. The van der Waals surface area contributed by atoms with Crippen LogP contribution in [0.15, 0.2) is 12.1 Å². The molecule has 0 bridgehead atoms. The van der Waals surface area contributed by atoms with Gasteiger partial charge in [-0.25, -0.2) is 8.78 Å². The molecule has 0 saturated heterocycles. The Morgan fingerprint density at radius 1 is 1.42 bits per heavy atom. The lowest BCUT2D eigenvalue weighted by Gasteiger charge is -2.17. The van der Waals surface area contributed by atoms with Crippen molar-refractivity contribution in [3.05, 3.63) is 34.4 Å². The average Bonchev–Trinajstić information content (AvgIpc) is 2.38. The highest BCUT2D eigenvalue weighted by Crippen LogP contribution is 2.20. The summed E-state index contributed by atoms with van der Waals surface area (Å²) in [6, 6.07) is 1.49. The molecule has 0 aromatic heterocycles. The highest BCUT2D eigenvalue weighted by molar-refractivity contribution is 6.33. The Hall–Kier alpha value is -1.20. The third-order valence-electron chi connectivity index (χ3n) is 3.03. The first-order chi connectivity index (χ1) is 8.86. The molecule has 0 aliphatic carbocycles. The van der Waals surface area contributed by atoms with Crippen molar-refractivity contribution in [3.63, 3.8) is 0 Å². The molecular formula is C13H16ClF2NO2. The number of carbonyl (C=O) groups excluding carboxylic acids is 1. The number of nitrogens with one attached hydrogen (secondary N) is 1. The fourth-order valence-electron chi connectivity index (χ4n) is 1.46. The van der Waals surface area contributed by atoms with E-state index in [1.165, 1.54) is 0 Å². The monoisotopic (exact) mass is 291 g/mol. The molecule has 6 heteroatoms. The van der Waals surface area contributed by atoms with Gasteiger partial charge in [0.2, 0.25) is 0 Å². The molecule has 0 spiro atoms. The van der Waals surface area contributed by atoms with Crippen LogP contribution < -0.4 is 5.32 Å². The van der Waals surface area contributed by atoms with E-state index in [-0.39, 0.29) is 23.0 Å². The number of amides is 1. The highest BCUT2D eigenvalue weighted by Gasteiger charge is 2.17. The van der Waals surface area contributed by atoms with Crippen LogP contribution in [0.25, 0.3) is 0 Å². The molecule has 0 heterocycles. The number of rotatable bonds is 5. The summed E-state index contributed by atoms with van der Waals surface area (Å²) < 4.78 is 25.9. The van der Waals surface area contributed by atoms with Crippen molar-refractivity contribution in [2.24, 2.45) is 5.92 Å². The Bertz CT molecular complexity index is 468. The maximum absolute atomic E-state index is 13.0. The van der Waals surface area contributed by atoms with E-state index in [2.05, 4.69) is 5.32 Å². The third-order valence-corrected chi connectivity index (χ3v) is 3.34. The molecule has 1 aromatic carbocycles. The molecule has 2 atom stereocenters. The SMILES string of the molecule is CCC(C)C(O)CNC(=O)c1cc(F)c(F)cc1Cl. The predicted molar refractivity (Wildman–Crippen MR) is 69.2 cm³/mol. The van der Waals surface area contributed by atoms with Crippen LogP contribution in [0.4, 0.5) is 8.78 Å². The first-order valence-electron chi connectivity index (χ1n) is 5.97. The number of hydrogen-bond acceptors (Lipinski definition) is 2. The van der Waals surface area contributed by atoms with Crippen LogP contribution in [0.1, 0.15) is 30.6 Å². The van der Waals surface area contributed by atoms with Crippen LogP contribution in [0.2, 0.25) is 5.02 Å². The van der Waals surface area contributed by atoms with Gasteiger partial charge in [0.1, 0.15) is 0 Å². The van der Waals surface area contributed by atoms with Gasteiger partial charge >= 0.3 is 0 Å². The molecule has 0 fully saturated rings. The van der Waals surface area contributed by atoms with Crippen LogP contribution in [0.5, 0.6) is 0 Å². The number of halogens is 3. The molecule has 3 nitrogen and oxygen atoms in total.